The molecular weight excluding hydrogens is 148 g/mol. The number of hydrogen-bond donors (Lipinski definition) is 0. The summed E-state index contributed by atoms with van der Waals surface area (Å²) >= 11 is 0. The van der Waals surface area contributed by atoms with E-state index in [0.717, 1.165) is 0 Å². The molecule has 1 nitrogen and oxygen atoms in total. The van der Waals surface area contributed by atoms with Gasteiger partial charge in [-0.1, -0.05) is 12.8 Å². The lowest BCUT2D eigenvalue weighted by Crippen LogP contribution is -2.20. The molecule has 3 aliphatic carbocycles. The maximum absolute atomic E-state index is 10.9. The van der Waals surface area contributed by atoms with Crippen LogP contribution in [0.25, 0.3) is 0 Å². The quantitative estimate of drug-likeness (QED) is 0.544. The van der Waals surface area contributed by atoms with Crippen molar-refractivity contribution in [1.82, 2.24) is 0 Å². The molecule has 0 aliphatic heterocycles. The third kappa shape index (κ3) is 0.571. The summed E-state index contributed by atoms with van der Waals surface area (Å²) < 4.78 is 0. The summed E-state index contributed by atoms with van der Waals surface area (Å²) in [5, 5.41) is 0. The van der Waals surface area contributed by atoms with E-state index in [1.807, 2.05) is 0 Å². The minimum absolute atomic E-state index is 0.442. The fourth-order valence-corrected chi connectivity index (χ4v) is 4.23. The summed E-state index contributed by atoms with van der Waals surface area (Å²) in [4.78, 5) is 10.9. The second kappa shape index (κ2) is 1.94. The van der Waals surface area contributed by atoms with Crippen molar-refractivity contribution in [2.75, 3.05) is 0 Å². The van der Waals surface area contributed by atoms with Gasteiger partial charge in [-0.05, 0) is 42.9 Å². The molecule has 0 saturated heterocycles. The first-order chi connectivity index (χ1) is 5.83. The Kier molecular flexibility index (Phi) is 1.15. The molecular formula is C11H16O. The highest BCUT2D eigenvalue weighted by Crippen LogP contribution is 2.80. The Morgan fingerprint density at radius 1 is 1.17 bits per heavy atom. The number of carbonyl (C=O) groups excluding carboxylic acids is 1. The van der Waals surface area contributed by atoms with Gasteiger partial charge in [0.15, 0.2) is 0 Å². The van der Waals surface area contributed by atoms with Crippen molar-refractivity contribution in [1.29, 1.82) is 0 Å². The highest BCUT2D eigenvalue weighted by atomic mass is 16.1. The number of aldehydes is 1. The summed E-state index contributed by atoms with van der Waals surface area (Å²) in [7, 11) is 0. The molecule has 0 heterocycles. The minimum atomic E-state index is 0.442. The maximum Gasteiger partial charge on any atom is 0.123 e. The SMILES string of the molecule is O=CC1CCC23CCCCC12C3. The molecule has 3 saturated carbocycles. The molecule has 66 valence electrons. The fourth-order valence-electron chi connectivity index (χ4n) is 4.23. The predicted molar refractivity (Wildman–Crippen MR) is 46.7 cm³/mol. The van der Waals surface area contributed by atoms with Gasteiger partial charge in [0, 0.05) is 5.92 Å². The number of rotatable bonds is 1. The highest BCUT2D eigenvalue weighted by Gasteiger charge is 2.73. The molecule has 3 atom stereocenters. The molecule has 0 aromatic carbocycles. The van der Waals surface area contributed by atoms with E-state index >= 15 is 0 Å². The molecule has 3 aliphatic rings. The van der Waals surface area contributed by atoms with Crippen molar-refractivity contribution in [3.05, 3.63) is 0 Å². The molecule has 3 unspecified atom stereocenters. The van der Waals surface area contributed by atoms with E-state index in [0.29, 0.717) is 16.7 Å². The summed E-state index contributed by atoms with van der Waals surface area (Å²) in [5.41, 5.74) is 1.21. The molecule has 1 heteroatoms. The standard InChI is InChI=1S/C11H16O/c12-7-9-3-6-10-4-1-2-5-11(9,10)8-10/h7,9H,1-6,8H2. The largest absolute Gasteiger partial charge is 0.303 e. The number of carbonyl (C=O) groups is 1. The monoisotopic (exact) mass is 164 g/mol. The number of hydrogen-bond acceptors (Lipinski definition) is 1. The molecule has 0 N–H and O–H groups in total. The van der Waals surface area contributed by atoms with Gasteiger partial charge in [0.1, 0.15) is 6.29 Å². The van der Waals surface area contributed by atoms with Crippen molar-refractivity contribution in [2.24, 2.45) is 16.7 Å². The van der Waals surface area contributed by atoms with Crippen molar-refractivity contribution in [3.8, 4) is 0 Å². The van der Waals surface area contributed by atoms with Gasteiger partial charge < -0.3 is 4.79 Å². The normalized spacial score (nSPS) is 55.8. The summed E-state index contributed by atoms with van der Waals surface area (Å²) in [6.07, 6.45) is 10.8. The van der Waals surface area contributed by atoms with Gasteiger partial charge >= 0.3 is 0 Å². The second-order valence-corrected chi connectivity index (χ2v) is 5.10. The average Bonchev–Trinajstić information content (AvgIpc) is 2.67. The maximum atomic E-state index is 10.9. The van der Waals surface area contributed by atoms with Crippen LogP contribution < -0.4 is 0 Å². The van der Waals surface area contributed by atoms with Crippen molar-refractivity contribution < 1.29 is 4.79 Å². The molecule has 0 spiro atoms. The van der Waals surface area contributed by atoms with Gasteiger partial charge in [0.2, 0.25) is 0 Å². The Bertz CT molecular complexity index is 231. The van der Waals surface area contributed by atoms with E-state index in [1.54, 1.807) is 0 Å². The van der Waals surface area contributed by atoms with E-state index < -0.39 is 0 Å². The fraction of sp³-hybridized carbons (Fsp3) is 0.909. The molecule has 12 heavy (non-hydrogen) atoms. The summed E-state index contributed by atoms with van der Waals surface area (Å²) in [6, 6.07) is 0. The van der Waals surface area contributed by atoms with Crippen LogP contribution in [0.1, 0.15) is 44.9 Å². The Hall–Kier alpha value is -0.330. The lowest BCUT2D eigenvalue weighted by atomic mass is 9.78. The van der Waals surface area contributed by atoms with Crippen LogP contribution in [0, 0.1) is 16.7 Å². The van der Waals surface area contributed by atoms with Crippen molar-refractivity contribution in [3.63, 3.8) is 0 Å². The lowest BCUT2D eigenvalue weighted by molar-refractivity contribution is -0.113. The van der Waals surface area contributed by atoms with E-state index in [4.69, 9.17) is 0 Å². The Balaban J connectivity index is 1.95. The molecule has 0 radical (unpaired) electrons. The first kappa shape index (κ1) is 7.11. The molecule has 3 fully saturated rings. The van der Waals surface area contributed by atoms with Gasteiger partial charge in [0.05, 0.1) is 0 Å². The van der Waals surface area contributed by atoms with Gasteiger partial charge in [0.25, 0.3) is 0 Å². The van der Waals surface area contributed by atoms with Crippen LogP contribution >= 0.6 is 0 Å². The van der Waals surface area contributed by atoms with Gasteiger partial charge in [-0.2, -0.15) is 0 Å². The van der Waals surface area contributed by atoms with E-state index in [-0.39, 0.29) is 0 Å². The van der Waals surface area contributed by atoms with Gasteiger partial charge in [-0.25, -0.2) is 0 Å². The van der Waals surface area contributed by atoms with E-state index in [2.05, 4.69) is 0 Å². The highest BCUT2D eigenvalue weighted by molar-refractivity contribution is 5.59. The molecule has 3 rings (SSSR count). The van der Waals surface area contributed by atoms with Crippen molar-refractivity contribution in [2.45, 2.75) is 44.9 Å². The van der Waals surface area contributed by atoms with Crippen LogP contribution in [0.4, 0.5) is 0 Å². The van der Waals surface area contributed by atoms with Crippen molar-refractivity contribution >= 4 is 6.29 Å². The summed E-state index contributed by atoms with van der Waals surface area (Å²) in [6.45, 7) is 0. The zero-order chi connectivity index (χ0) is 8.23. The Morgan fingerprint density at radius 3 is 2.83 bits per heavy atom. The predicted octanol–water partition coefficient (Wildman–Crippen LogP) is 2.55. The van der Waals surface area contributed by atoms with Gasteiger partial charge in [-0.15, -0.1) is 0 Å². The first-order valence-corrected chi connectivity index (χ1v) is 5.28. The van der Waals surface area contributed by atoms with Crippen LogP contribution in [0.5, 0.6) is 0 Å². The lowest BCUT2D eigenvalue weighted by Gasteiger charge is -2.26. The molecule has 0 aromatic rings. The Morgan fingerprint density at radius 2 is 2.00 bits per heavy atom. The average molecular weight is 164 g/mol. The molecule has 0 amide bonds. The first-order valence-electron chi connectivity index (χ1n) is 5.28. The third-order valence-corrected chi connectivity index (χ3v) is 4.92. The second-order valence-electron chi connectivity index (χ2n) is 5.10. The van der Waals surface area contributed by atoms with E-state index in [1.165, 1.54) is 51.2 Å². The smallest absolute Gasteiger partial charge is 0.123 e. The topological polar surface area (TPSA) is 17.1 Å². The Labute approximate surface area is 73.5 Å². The molecule has 0 bridgehead atoms. The van der Waals surface area contributed by atoms with Crippen LogP contribution in [-0.4, -0.2) is 6.29 Å². The van der Waals surface area contributed by atoms with Gasteiger partial charge in [-0.3, -0.25) is 0 Å². The van der Waals surface area contributed by atoms with Crippen LogP contribution in [-0.2, 0) is 4.79 Å². The third-order valence-electron chi connectivity index (χ3n) is 4.92. The van der Waals surface area contributed by atoms with E-state index in [9.17, 15) is 4.79 Å². The van der Waals surface area contributed by atoms with Crippen LogP contribution in [0.2, 0.25) is 0 Å². The zero-order valence-corrected chi connectivity index (χ0v) is 7.51. The van der Waals surface area contributed by atoms with Crippen LogP contribution in [0.15, 0.2) is 0 Å². The minimum Gasteiger partial charge on any atom is -0.303 e. The zero-order valence-electron chi connectivity index (χ0n) is 7.51. The molecule has 0 aromatic heterocycles. The summed E-state index contributed by atoms with van der Waals surface area (Å²) in [5.74, 6) is 0.442. The van der Waals surface area contributed by atoms with Crippen LogP contribution in [0.3, 0.4) is 0 Å².